The molecule has 0 unspecified atom stereocenters. The van der Waals surface area contributed by atoms with Crippen LogP contribution in [-0.4, -0.2) is 47.8 Å². The fourth-order valence-electron chi connectivity index (χ4n) is 2.70. The fourth-order valence-corrected chi connectivity index (χ4v) is 2.70. The van der Waals surface area contributed by atoms with Crippen molar-refractivity contribution in [2.45, 2.75) is 40.0 Å². The maximum Gasteiger partial charge on any atom is 0.253 e. The first-order valence-electron chi connectivity index (χ1n) is 8.17. The topological polar surface area (TPSA) is 40.6 Å². The highest BCUT2D eigenvalue weighted by Crippen LogP contribution is 2.14. The van der Waals surface area contributed by atoms with E-state index in [1.165, 1.54) is 5.56 Å². The maximum atomic E-state index is 12.5. The van der Waals surface area contributed by atoms with Gasteiger partial charge in [-0.3, -0.25) is 9.59 Å². The monoisotopic (exact) mass is 302 g/mol. The average molecular weight is 302 g/mol. The van der Waals surface area contributed by atoms with E-state index in [1.807, 2.05) is 41.8 Å². The molecule has 1 aliphatic rings. The molecule has 0 aliphatic carbocycles. The molecule has 2 amide bonds. The molecule has 1 aromatic rings. The van der Waals surface area contributed by atoms with E-state index in [-0.39, 0.29) is 11.8 Å². The zero-order valence-corrected chi connectivity index (χ0v) is 13.9. The summed E-state index contributed by atoms with van der Waals surface area (Å²) in [5, 5.41) is 0. The third-order valence-corrected chi connectivity index (χ3v) is 4.42. The lowest BCUT2D eigenvalue weighted by Gasteiger charge is -2.35. The van der Waals surface area contributed by atoms with Gasteiger partial charge in [-0.2, -0.15) is 0 Å². The second-order valence-corrected chi connectivity index (χ2v) is 6.08. The van der Waals surface area contributed by atoms with Crippen LogP contribution in [-0.2, 0) is 4.79 Å². The van der Waals surface area contributed by atoms with Crippen molar-refractivity contribution in [3.63, 3.8) is 0 Å². The molecule has 0 radical (unpaired) electrons. The van der Waals surface area contributed by atoms with Gasteiger partial charge in [-0.25, -0.2) is 0 Å². The lowest BCUT2D eigenvalue weighted by molar-refractivity contribution is -0.132. The van der Waals surface area contributed by atoms with Crippen molar-refractivity contribution < 1.29 is 9.59 Å². The standard InChI is InChI=1S/C18H26N2O2/c1-4-5-6-17(21)19-9-11-20(12-10-19)18(22)16-8-7-14(2)15(3)13-16/h7-8,13H,4-6,9-12H2,1-3H3. The van der Waals surface area contributed by atoms with Gasteiger partial charge in [0.05, 0.1) is 0 Å². The first kappa shape index (κ1) is 16.5. The van der Waals surface area contributed by atoms with Gasteiger partial charge < -0.3 is 9.80 Å². The summed E-state index contributed by atoms with van der Waals surface area (Å²) in [6.45, 7) is 8.72. The quantitative estimate of drug-likeness (QED) is 0.858. The van der Waals surface area contributed by atoms with Gasteiger partial charge in [-0.1, -0.05) is 19.4 Å². The Morgan fingerprint density at radius 2 is 1.64 bits per heavy atom. The van der Waals surface area contributed by atoms with Crippen molar-refractivity contribution >= 4 is 11.8 Å². The second kappa shape index (κ2) is 7.43. The van der Waals surface area contributed by atoms with Crippen molar-refractivity contribution in [2.75, 3.05) is 26.2 Å². The first-order valence-corrected chi connectivity index (χ1v) is 8.17. The van der Waals surface area contributed by atoms with Gasteiger partial charge in [0, 0.05) is 38.2 Å². The number of benzene rings is 1. The molecule has 2 rings (SSSR count). The summed E-state index contributed by atoms with van der Waals surface area (Å²) in [5.74, 6) is 0.295. The number of aryl methyl sites for hydroxylation is 2. The van der Waals surface area contributed by atoms with E-state index < -0.39 is 0 Å². The fraction of sp³-hybridized carbons (Fsp3) is 0.556. The van der Waals surface area contributed by atoms with Crippen LogP contribution in [0.1, 0.15) is 47.7 Å². The molecular weight excluding hydrogens is 276 g/mol. The molecule has 0 saturated carbocycles. The molecule has 22 heavy (non-hydrogen) atoms. The SMILES string of the molecule is CCCCC(=O)N1CCN(C(=O)c2ccc(C)c(C)c2)CC1. The van der Waals surface area contributed by atoms with E-state index in [0.717, 1.165) is 24.0 Å². The second-order valence-electron chi connectivity index (χ2n) is 6.08. The van der Waals surface area contributed by atoms with E-state index in [2.05, 4.69) is 6.92 Å². The Hall–Kier alpha value is -1.84. The molecule has 0 N–H and O–H groups in total. The molecule has 4 nitrogen and oxygen atoms in total. The number of hydrogen-bond donors (Lipinski definition) is 0. The number of unbranched alkanes of at least 4 members (excludes halogenated alkanes) is 1. The third kappa shape index (κ3) is 3.87. The number of carbonyl (C=O) groups excluding carboxylic acids is 2. The van der Waals surface area contributed by atoms with Crippen molar-refractivity contribution in [3.05, 3.63) is 34.9 Å². The number of carbonyl (C=O) groups is 2. The molecule has 120 valence electrons. The Morgan fingerprint density at radius 3 is 2.23 bits per heavy atom. The summed E-state index contributed by atoms with van der Waals surface area (Å²) in [4.78, 5) is 28.3. The lowest BCUT2D eigenvalue weighted by atomic mass is 10.1. The molecule has 0 bridgehead atoms. The summed E-state index contributed by atoms with van der Waals surface area (Å²) in [6.07, 6.45) is 2.61. The Bertz CT molecular complexity index is 546. The highest BCUT2D eigenvalue weighted by molar-refractivity contribution is 5.94. The summed E-state index contributed by atoms with van der Waals surface area (Å²) in [5.41, 5.74) is 3.08. The van der Waals surface area contributed by atoms with Gasteiger partial charge in [-0.15, -0.1) is 0 Å². The number of amides is 2. The summed E-state index contributed by atoms with van der Waals surface area (Å²) in [6, 6.07) is 5.84. The van der Waals surface area contributed by atoms with Gasteiger partial charge in [0.2, 0.25) is 5.91 Å². The zero-order valence-electron chi connectivity index (χ0n) is 13.9. The van der Waals surface area contributed by atoms with Crippen LogP contribution in [0.3, 0.4) is 0 Å². The van der Waals surface area contributed by atoms with Crippen LogP contribution in [0.4, 0.5) is 0 Å². The summed E-state index contributed by atoms with van der Waals surface area (Å²) >= 11 is 0. The van der Waals surface area contributed by atoms with Crippen LogP contribution >= 0.6 is 0 Å². The maximum absolute atomic E-state index is 12.5. The Kier molecular flexibility index (Phi) is 5.58. The van der Waals surface area contributed by atoms with E-state index in [4.69, 9.17) is 0 Å². The van der Waals surface area contributed by atoms with Crippen LogP contribution in [0, 0.1) is 13.8 Å². The Morgan fingerprint density at radius 1 is 1.00 bits per heavy atom. The molecule has 0 atom stereocenters. The van der Waals surface area contributed by atoms with Gasteiger partial charge in [0.15, 0.2) is 0 Å². The summed E-state index contributed by atoms with van der Waals surface area (Å²) < 4.78 is 0. The van der Waals surface area contributed by atoms with E-state index in [0.29, 0.717) is 32.6 Å². The van der Waals surface area contributed by atoms with Crippen molar-refractivity contribution in [1.29, 1.82) is 0 Å². The molecule has 1 aliphatic heterocycles. The molecular formula is C18H26N2O2. The Balaban J connectivity index is 1.92. The molecule has 4 heteroatoms. The van der Waals surface area contributed by atoms with Crippen LogP contribution in [0.2, 0.25) is 0 Å². The van der Waals surface area contributed by atoms with Crippen LogP contribution in [0.25, 0.3) is 0 Å². The molecule has 1 fully saturated rings. The number of rotatable bonds is 4. The van der Waals surface area contributed by atoms with Gasteiger partial charge >= 0.3 is 0 Å². The smallest absolute Gasteiger partial charge is 0.253 e. The Labute approximate surface area is 133 Å². The van der Waals surface area contributed by atoms with Gasteiger partial charge in [0.1, 0.15) is 0 Å². The molecule has 0 spiro atoms. The summed E-state index contributed by atoms with van der Waals surface area (Å²) in [7, 11) is 0. The van der Waals surface area contributed by atoms with Gasteiger partial charge in [0.25, 0.3) is 5.91 Å². The third-order valence-electron chi connectivity index (χ3n) is 4.42. The normalized spacial score (nSPS) is 15.0. The number of hydrogen-bond acceptors (Lipinski definition) is 2. The van der Waals surface area contributed by atoms with Gasteiger partial charge in [-0.05, 0) is 43.5 Å². The largest absolute Gasteiger partial charge is 0.339 e. The van der Waals surface area contributed by atoms with Crippen molar-refractivity contribution in [1.82, 2.24) is 9.80 Å². The predicted molar refractivity (Wildman–Crippen MR) is 87.9 cm³/mol. The minimum atomic E-state index is 0.0729. The van der Waals surface area contributed by atoms with Crippen molar-refractivity contribution in [3.8, 4) is 0 Å². The highest BCUT2D eigenvalue weighted by atomic mass is 16.2. The zero-order chi connectivity index (χ0) is 16.1. The van der Waals surface area contributed by atoms with Crippen LogP contribution in [0.5, 0.6) is 0 Å². The molecule has 1 aromatic carbocycles. The van der Waals surface area contributed by atoms with E-state index >= 15 is 0 Å². The molecule has 0 aromatic heterocycles. The molecule has 1 saturated heterocycles. The molecule has 1 heterocycles. The minimum absolute atomic E-state index is 0.0729. The first-order chi connectivity index (χ1) is 10.5. The van der Waals surface area contributed by atoms with Crippen LogP contribution < -0.4 is 0 Å². The van der Waals surface area contributed by atoms with E-state index in [1.54, 1.807) is 0 Å². The average Bonchev–Trinajstić information content (AvgIpc) is 2.54. The van der Waals surface area contributed by atoms with E-state index in [9.17, 15) is 9.59 Å². The minimum Gasteiger partial charge on any atom is -0.339 e. The number of piperazine rings is 1. The predicted octanol–water partition coefficient (Wildman–Crippen LogP) is 2.78. The lowest BCUT2D eigenvalue weighted by Crippen LogP contribution is -2.50. The number of nitrogens with zero attached hydrogens (tertiary/aromatic N) is 2. The van der Waals surface area contributed by atoms with Crippen LogP contribution in [0.15, 0.2) is 18.2 Å². The highest BCUT2D eigenvalue weighted by Gasteiger charge is 2.24. The van der Waals surface area contributed by atoms with Crippen molar-refractivity contribution in [2.24, 2.45) is 0 Å².